The topological polar surface area (TPSA) is 40.1 Å². The summed E-state index contributed by atoms with van der Waals surface area (Å²) in [6.45, 7) is 3.31. The van der Waals surface area contributed by atoms with Gasteiger partial charge in [-0.1, -0.05) is 12.1 Å². The molecule has 0 bridgehead atoms. The molecule has 1 aromatic carbocycles. The number of hydrogen-bond donors (Lipinski definition) is 0. The van der Waals surface area contributed by atoms with Crippen LogP contribution in [-0.4, -0.2) is 0 Å². The van der Waals surface area contributed by atoms with E-state index in [1.54, 1.807) is 26.0 Å². The number of aromatic nitrogens is 1. The van der Waals surface area contributed by atoms with E-state index in [1.165, 1.54) is 12.1 Å². The molecule has 0 N–H and O–H groups in total. The SMILES string of the molecule is Cc1oc(-c2ccccc2F)[n+]([O-])c1C. The Bertz CT molecular complexity index is 505. The third-order valence-electron chi connectivity index (χ3n) is 2.35. The number of oxazole rings is 1. The van der Waals surface area contributed by atoms with E-state index in [9.17, 15) is 9.60 Å². The smallest absolute Gasteiger partial charge is 0.395 e. The average molecular weight is 207 g/mol. The van der Waals surface area contributed by atoms with Gasteiger partial charge in [-0.2, -0.15) is 0 Å². The third-order valence-corrected chi connectivity index (χ3v) is 2.35. The molecule has 3 nitrogen and oxygen atoms in total. The summed E-state index contributed by atoms with van der Waals surface area (Å²) < 4.78 is 19.2. The van der Waals surface area contributed by atoms with Crippen molar-refractivity contribution >= 4 is 0 Å². The van der Waals surface area contributed by atoms with Gasteiger partial charge in [0.25, 0.3) is 0 Å². The Hall–Kier alpha value is -1.84. The minimum atomic E-state index is -0.462. The van der Waals surface area contributed by atoms with Gasteiger partial charge >= 0.3 is 5.89 Å². The van der Waals surface area contributed by atoms with Crippen LogP contribution in [0.3, 0.4) is 0 Å². The predicted octanol–water partition coefficient (Wildman–Crippen LogP) is 2.34. The molecule has 1 heterocycles. The van der Waals surface area contributed by atoms with Crippen molar-refractivity contribution in [3.05, 3.63) is 46.7 Å². The molecular formula is C11H10FNO2. The first-order valence-electron chi connectivity index (χ1n) is 4.55. The van der Waals surface area contributed by atoms with E-state index in [0.29, 0.717) is 16.2 Å². The molecule has 15 heavy (non-hydrogen) atoms. The number of benzene rings is 1. The van der Waals surface area contributed by atoms with E-state index in [-0.39, 0.29) is 11.5 Å². The fourth-order valence-electron chi connectivity index (χ4n) is 1.35. The van der Waals surface area contributed by atoms with Gasteiger partial charge in [0.2, 0.25) is 5.69 Å². The lowest BCUT2D eigenvalue weighted by Gasteiger charge is -1.98. The molecule has 2 rings (SSSR count). The molecule has 0 unspecified atom stereocenters. The largest absolute Gasteiger partial charge is 0.616 e. The highest BCUT2D eigenvalue weighted by Gasteiger charge is 2.22. The molecule has 0 fully saturated rings. The zero-order valence-electron chi connectivity index (χ0n) is 8.45. The van der Waals surface area contributed by atoms with E-state index in [4.69, 9.17) is 4.42 Å². The molecule has 0 aliphatic carbocycles. The van der Waals surface area contributed by atoms with Crippen LogP contribution in [0.5, 0.6) is 0 Å². The maximum Gasteiger partial charge on any atom is 0.395 e. The van der Waals surface area contributed by atoms with Crippen LogP contribution in [0, 0.1) is 24.9 Å². The summed E-state index contributed by atoms with van der Waals surface area (Å²) in [5, 5.41) is 11.6. The van der Waals surface area contributed by atoms with Crippen molar-refractivity contribution in [2.24, 2.45) is 0 Å². The monoisotopic (exact) mass is 207 g/mol. The van der Waals surface area contributed by atoms with Gasteiger partial charge in [-0.3, -0.25) is 0 Å². The quantitative estimate of drug-likeness (QED) is 0.532. The summed E-state index contributed by atoms with van der Waals surface area (Å²) in [4.78, 5) is 0. The first-order chi connectivity index (χ1) is 7.11. The van der Waals surface area contributed by atoms with E-state index in [0.717, 1.165) is 0 Å². The Morgan fingerprint density at radius 2 is 1.93 bits per heavy atom. The Labute approximate surface area is 86.4 Å². The first kappa shape index (κ1) is 9.71. The third kappa shape index (κ3) is 1.48. The van der Waals surface area contributed by atoms with Gasteiger partial charge in [0.05, 0.1) is 0 Å². The lowest BCUT2D eigenvalue weighted by Crippen LogP contribution is -2.29. The van der Waals surface area contributed by atoms with E-state index < -0.39 is 5.82 Å². The molecule has 0 atom stereocenters. The summed E-state index contributed by atoms with van der Waals surface area (Å²) >= 11 is 0. The van der Waals surface area contributed by atoms with Crippen LogP contribution in [0.15, 0.2) is 28.7 Å². The minimum absolute atomic E-state index is 0.00287. The Balaban J connectivity index is 2.65. The normalized spacial score (nSPS) is 10.6. The van der Waals surface area contributed by atoms with E-state index in [2.05, 4.69) is 0 Å². The highest BCUT2D eigenvalue weighted by atomic mass is 19.1. The van der Waals surface area contributed by atoms with Crippen molar-refractivity contribution < 1.29 is 13.5 Å². The maximum atomic E-state index is 13.4. The highest BCUT2D eigenvalue weighted by Crippen LogP contribution is 2.21. The molecule has 0 amide bonds. The van der Waals surface area contributed by atoms with Crippen LogP contribution in [0.4, 0.5) is 4.39 Å². The van der Waals surface area contributed by atoms with Crippen molar-refractivity contribution in [1.29, 1.82) is 0 Å². The zero-order chi connectivity index (χ0) is 11.0. The van der Waals surface area contributed by atoms with Crippen molar-refractivity contribution in [3.8, 4) is 11.5 Å². The fraction of sp³-hybridized carbons (Fsp3) is 0.182. The zero-order valence-corrected chi connectivity index (χ0v) is 8.45. The number of halogens is 1. The van der Waals surface area contributed by atoms with Crippen molar-refractivity contribution in [3.63, 3.8) is 0 Å². The van der Waals surface area contributed by atoms with Crippen LogP contribution in [0.1, 0.15) is 11.5 Å². The number of hydrogen-bond acceptors (Lipinski definition) is 2. The molecule has 0 aliphatic rings. The van der Waals surface area contributed by atoms with Crippen LogP contribution in [0.25, 0.3) is 11.5 Å². The maximum absolute atomic E-state index is 13.4. The van der Waals surface area contributed by atoms with E-state index >= 15 is 0 Å². The Kier molecular flexibility index (Phi) is 2.19. The summed E-state index contributed by atoms with van der Waals surface area (Å²) in [6, 6.07) is 6.03. The predicted molar refractivity (Wildman–Crippen MR) is 52.5 cm³/mol. The second-order valence-electron chi connectivity index (χ2n) is 3.32. The van der Waals surface area contributed by atoms with Gasteiger partial charge in [0.15, 0.2) is 5.76 Å². The molecule has 4 heteroatoms. The lowest BCUT2D eigenvalue weighted by atomic mass is 10.2. The number of aryl methyl sites for hydroxylation is 1. The van der Waals surface area contributed by atoms with Crippen LogP contribution >= 0.6 is 0 Å². The summed E-state index contributed by atoms with van der Waals surface area (Å²) in [5.74, 6) is 0.0437. The Morgan fingerprint density at radius 3 is 2.47 bits per heavy atom. The molecule has 0 radical (unpaired) electrons. The van der Waals surface area contributed by atoms with Gasteiger partial charge in [0, 0.05) is 13.8 Å². The summed E-state index contributed by atoms with van der Waals surface area (Å²) in [7, 11) is 0. The van der Waals surface area contributed by atoms with Crippen molar-refractivity contribution in [2.45, 2.75) is 13.8 Å². The van der Waals surface area contributed by atoms with Gasteiger partial charge in [0.1, 0.15) is 11.4 Å². The van der Waals surface area contributed by atoms with Crippen LogP contribution < -0.4 is 4.73 Å². The highest BCUT2D eigenvalue weighted by molar-refractivity contribution is 5.51. The average Bonchev–Trinajstić information content (AvgIpc) is 2.47. The molecule has 1 aromatic heterocycles. The second-order valence-corrected chi connectivity index (χ2v) is 3.32. The molecule has 0 saturated heterocycles. The molecule has 0 aliphatic heterocycles. The molecule has 78 valence electrons. The first-order valence-corrected chi connectivity index (χ1v) is 4.55. The van der Waals surface area contributed by atoms with Gasteiger partial charge < -0.3 is 9.62 Å². The van der Waals surface area contributed by atoms with Crippen molar-refractivity contribution in [2.75, 3.05) is 0 Å². The fourth-order valence-corrected chi connectivity index (χ4v) is 1.35. The van der Waals surface area contributed by atoms with Crippen molar-refractivity contribution in [1.82, 2.24) is 0 Å². The van der Waals surface area contributed by atoms with Gasteiger partial charge in [-0.05, 0) is 12.1 Å². The summed E-state index contributed by atoms with van der Waals surface area (Å²) in [6.07, 6.45) is 0. The van der Waals surface area contributed by atoms with Gasteiger partial charge in [-0.15, -0.1) is 4.73 Å². The second kappa shape index (κ2) is 3.38. The van der Waals surface area contributed by atoms with Crippen LogP contribution in [0.2, 0.25) is 0 Å². The molecule has 0 spiro atoms. The summed E-state index contributed by atoms with van der Waals surface area (Å²) in [5.41, 5.74) is 0.636. The molecule has 2 aromatic rings. The van der Waals surface area contributed by atoms with E-state index in [1.807, 2.05) is 0 Å². The standard InChI is InChI=1S/C11H10FNO2/c1-7-8(2)15-11(13(7)14)9-5-3-4-6-10(9)12/h3-6H,1-2H3. The number of nitrogens with zero attached hydrogens (tertiary/aromatic N) is 1. The molecular weight excluding hydrogens is 197 g/mol. The van der Waals surface area contributed by atoms with Crippen LogP contribution in [-0.2, 0) is 0 Å². The Morgan fingerprint density at radius 1 is 1.27 bits per heavy atom. The minimum Gasteiger partial charge on any atom is -0.616 e. The number of rotatable bonds is 1. The lowest BCUT2D eigenvalue weighted by molar-refractivity contribution is -0.603. The van der Waals surface area contributed by atoms with Gasteiger partial charge in [-0.25, -0.2) is 4.39 Å². The molecule has 0 saturated carbocycles.